The van der Waals surface area contributed by atoms with E-state index in [1.807, 2.05) is 6.07 Å². The largest absolute Gasteiger partial charge is 0.368 e. The van der Waals surface area contributed by atoms with Crippen molar-refractivity contribution in [1.82, 2.24) is 14.7 Å². The number of anilines is 3. The van der Waals surface area contributed by atoms with Gasteiger partial charge in [0.2, 0.25) is 16.0 Å². The fourth-order valence-electron chi connectivity index (χ4n) is 6.00. The van der Waals surface area contributed by atoms with E-state index in [1.54, 1.807) is 12.1 Å². The van der Waals surface area contributed by atoms with Crippen LogP contribution < -0.4 is 19.8 Å². The number of hydrogen-bond donors (Lipinski definition) is 2. The Bertz CT molecular complexity index is 1590. The maximum Gasteiger partial charge on any atom is 0.240 e. The summed E-state index contributed by atoms with van der Waals surface area (Å²) in [4.78, 5) is 14.9. The van der Waals surface area contributed by atoms with Crippen LogP contribution in [0.15, 0.2) is 83.8 Å². The molecule has 0 unspecified atom stereocenters. The van der Waals surface area contributed by atoms with E-state index in [1.165, 1.54) is 17.8 Å². The molecule has 8 nitrogen and oxygen atoms in total. The summed E-state index contributed by atoms with van der Waals surface area (Å²) in [6.07, 6.45) is 4.07. The van der Waals surface area contributed by atoms with Crippen LogP contribution in [-0.2, 0) is 10.0 Å². The Morgan fingerprint density at radius 3 is 2.05 bits per heavy atom. The van der Waals surface area contributed by atoms with Gasteiger partial charge in [0.15, 0.2) is 0 Å². The van der Waals surface area contributed by atoms with Gasteiger partial charge >= 0.3 is 0 Å². The maximum absolute atomic E-state index is 12.6. The third kappa shape index (κ3) is 7.58. The molecule has 1 aliphatic heterocycles. The molecule has 1 saturated heterocycles. The number of aromatic nitrogens is 2. The van der Waals surface area contributed by atoms with Gasteiger partial charge in [-0.25, -0.2) is 18.1 Å². The summed E-state index contributed by atoms with van der Waals surface area (Å²) >= 11 is 5.90. The Balaban J connectivity index is 0.00000368. The average molecular weight is 621 g/mol. The summed E-state index contributed by atoms with van der Waals surface area (Å²) < 4.78 is 28.1. The molecule has 4 aromatic rings. The molecule has 2 fully saturated rings. The molecule has 1 saturated carbocycles. The molecular weight excluding hydrogens is 580 g/mol. The number of para-hydroxylation sites is 2. The Morgan fingerprint density at radius 2 is 1.35 bits per heavy atom. The first kappa shape index (κ1) is 31.0. The number of halogens is 1. The SMILES string of the molecule is C.O=S(=O)(NCC1CCC(CNc2nc(N3CCN(c4ccccc4)CC3)c3ccccc3n2)CC1)c1ccc(Cl)cc1. The number of rotatable bonds is 9. The van der Waals surface area contributed by atoms with Crippen molar-refractivity contribution >= 4 is 50.0 Å². The molecule has 2 aliphatic rings. The van der Waals surface area contributed by atoms with Crippen LogP contribution in [0, 0.1) is 11.8 Å². The van der Waals surface area contributed by atoms with Crippen LogP contribution in [0.1, 0.15) is 33.1 Å². The number of hydrogen-bond acceptors (Lipinski definition) is 7. The van der Waals surface area contributed by atoms with Crippen molar-refractivity contribution in [3.05, 3.63) is 83.9 Å². The summed E-state index contributed by atoms with van der Waals surface area (Å²) in [5.41, 5.74) is 2.22. The van der Waals surface area contributed by atoms with Crippen molar-refractivity contribution in [2.45, 2.75) is 38.0 Å². The second-order valence-electron chi connectivity index (χ2n) is 11.3. The Labute approximate surface area is 260 Å². The molecule has 1 aliphatic carbocycles. The van der Waals surface area contributed by atoms with E-state index in [0.717, 1.165) is 75.1 Å². The van der Waals surface area contributed by atoms with Crippen molar-refractivity contribution in [2.24, 2.45) is 11.8 Å². The number of fused-ring (bicyclic) bond motifs is 1. The molecule has 0 amide bonds. The molecule has 1 aromatic heterocycles. The zero-order valence-electron chi connectivity index (χ0n) is 23.6. The van der Waals surface area contributed by atoms with Crippen molar-refractivity contribution in [3.63, 3.8) is 0 Å². The van der Waals surface area contributed by atoms with Crippen molar-refractivity contribution in [1.29, 1.82) is 0 Å². The lowest BCUT2D eigenvalue weighted by Crippen LogP contribution is -2.47. The number of nitrogens with zero attached hydrogens (tertiary/aromatic N) is 4. The molecule has 2 N–H and O–H groups in total. The van der Waals surface area contributed by atoms with Crippen LogP contribution in [0.5, 0.6) is 0 Å². The Hall–Kier alpha value is -3.40. The normalized spacial score (nSPS) is 19.2. The van der Waals surface area contributed by atoms with Crippen molar-refractivity contribution in [2.75, 3.05) is 54.4 Å². The maximum atomic E-state index is 12.6. The molecule has 2 heterocycles. The van der Waals surface area contributed by atoms with E-state index < -0.39 is 10.0 Å². The van der Waals surface area contributed by atoms with E-state index in [-0.39, 0.29) is 12.3 Å². The summed E-state index contributed by atoms with van der Waals surface area (Å²) in [5, 5.41) is 5.14. The molecule has 0 atom stereocenters. The monoisotopic (exact) mass is 620 g/mol. The molecule has 10 heteroatoms. The molecule has 0 spiro atoms. The smallest absolute Gasteiger partial charge is 0.240 e. The van der Waals surface area contributed by atoms with E-state index in [0.29, 0.717) is 29.4 Å². The van der Waals surface area contributed by atoms with Crippen LogP contribution in [0.2, 0.25) is 5.02 Å². The second-order valence-corrected chi connectivity index (χ2v) is 13.5. The van der Waals surface area contributed by atoms with E-state index in [2.05, 4.69) is 68.4 Å². The van der Waals surface area contributed by atoms with Gasteiger partial charge in [0.05, 0.1) is 10.4 Å². The topological polar surface area (TPSA) is 90.5 Å². The fraction of sp³-hybridized carbons (Fsp3) is 0.394. The van der Waals surface area contributed by atoms with E-state index in [4.69, 9.17) is 21.6 Å². The van der Waals surface area contributed by atoms with E-state index >= 15 is 0 Å². The zero-order valence-corrected chi connectivity index (χ0v) is 25.2. The summed E-state index contributed by atoms with van der Waals surface area (Å²) in [5.74, 6) is 2.50. The van der Waals surface area contributed by atoms with Gasteiger partial charge in [0, 0.05) is 55.4 Å². The third-order valence-electron chi connectivity index (χ3n) is 8.48. The lowest BCUT2D eigenvalue weighted by molar-refractivity contribution is 0.284. The highest BCUT2D eigenvalue weighted by molar-refractivity contribution is 7.89. The highest BCUT2D eigenvalue weighted by Crippen LogP contribution is 2.30. The number of sulfonamides is 1. The molecule has 43 heavy (non-hydrogen) atoms. The van der Waals surface area contributed by atoms with Crippen LogP contribution in [0.3, 0.4) is 0 Å². The fourth-order valence-corrected chi connectivity index (χ4v) is 7.24. The van der Waals surface area contributed by atoms with Crippen molar-refractivity contribution in [3.8, 4) is 0 Å². The standard InChI is InChI=1S/C32H37ClN6O2S.CH4/c33-26-14-16-28(17-15-26)42(40,41)35-23-25-12-10-24(11-13-25)22-34-32-36-30-9-5-4-8-29(30)31(37-32)39-20-18-38(19-21-39)27-6-2-1-3-7-27;/h1-9,14-17,24-25,35H,10-13,18-23H2,(H,34,36,37);1H4. The van der Waals surface area contributed by atoms with Gasteiger partial charge < -0.3 is 15.1 Å². The number of nitrogens with one attached hydrogen (secondary N) is 2. The lowest BCUT2D eigenvalue weighted by Gasteiger charge is -2.37. The molecule has 0 radical (unpaired) electrons. The molecule has 228 valence electrons. The molecule has 3 aromatic carbocycles. The summed E-state index contributed by atoms with van der Waals surface area (Å²) in [7, 11) is -3.53. The van der Waals surface area contributed by atoms with Gasteiger partial charge in [0.25, 0.3) is 0 Å². The van der Waals surface area contributed by atoms with Gasteiger partial charge in [-0.1, -0.05) is 49.4 Å². The quantitative estimate of drug-likeness (QED) is 0.222. The predicted molar refractivity (Wildman–Crippen MR) is 178 cm³/mol. The third-order valence-corrected chi connectivity index (χ3v) is 10.2. The summed E-state index contributed by atoms with van der Waals surface area (Å²) in [6, 6.07) is 25.1. The van der Waals surface area contributed by atoms with Gasteiger partial charge in [-0.3, -0.25) is 0 Å². The summed E-state index contributed by atoms with van der Waals surface area (Å²) in [6.45, 7) is 4.97. The molecule has 6 rings (SSSR count). The van der Waals surface area contributed by atoms with Crippen LogP contribution in [0.25, 0.3) is 10.9 Å². The van der Waals surface area contributed by atoms with Gasteiger partial charge in [-0.15, -0.1) is 0 Å². The Morgan fingerprint density at radius 1 is 0.744 bits per heavy atom. The minimum atomic E-state index is -3.53. The first-order valence-electron chi connectivity index (χ1n) is 14.8. The number of benzene rings is 3. The first-order chi connectivity index (χ1) is 20.4. The average Bonchev–Trinajstić information content (AvgIpc) is 3.03. The second kappa shape index (κ2) is 13.9. The first-order valence-corrected chi connectivity index (χ1v) is 16.6. The van der Waals surface area contributed by atoms with Crippen molar-refractivity contribution < 1.29 is 8.42 Å². The molecular formula is C33H41ClN6O2S. The zero-order chi connectivity index (χ0) is 28.9. The van der Waals surface area contributed by atoms with Gasteiger partial charge in [-0.2, -0.15) is 4.98 Å². The lowest BCUT2D eigenvalue weighted by atomic mass is 9.82. The minimum absolute atomic E-state index is 0. The van der Waals surface area contributed by atoms with E-state index in [9.17, 15) is 8.42 Å². The molecule has 0 bridgehead atoms. The van der Waals surface area contributed by atoms with Gasteiger partial charge in [-0.05, 0) is 86.1 Å². The van der Waals surface area contributed by atoms with Crippen LogP contribution in [-0.4, -0.2) is 57.7 Å². The van der Waals surface area contributed by atoms with Crippen LogP contribution in [0.4, 0.5) is 17.5 Å². The van der Waals surface area contributed by atoms with Crippen LogP contribution >= 0.6 is 11.6 Å². The predicted octanol–water partition coefficient (Wildman–Crippen LogP) is 6.44. The Kier molecular flexibility index (Phi) is 10.1. The highest BCUT2D eigenvalue weighted by Gasteiger charge is 2.25. The highest BCUT2D eigenvalue weighted by atomic mass is 35.5. The minimum Gasteiger partial charge on any atom is -0.368 e. The number of piperazine rings is 1. The van der Waals surface area contributed by atoms with Gasteiger partial charge in [0.1, 0.15) is 5.82 Å².